The maximum absolute atomic E-state index is 12.6. The van der Waals surface area contributed by atoms with E-state index in [0.717, 1.165) is 87.9 Å². The van der Waals surface area contributed by atoms with Crippen molar-refractivity contribution >= 4 is 43.8 Å². The minimum absolute atomic E-state index is 0.289. The number of nitrogens with zero attached hydrogens (tertiary/aromatic N) is 3. The van der Waals surface area contributed by atoms with Gasteiger partial charge in [0.25, 0.3) is 0 Å². The van der Waals surface area contributed by atoms with Gasteiger partial charge in [0.15, 0.2) is 0 Å². The first-order valence-corrected chi connectivity index (χ1v) is 13.4. The molecule has 2 fully saturated rings. The first-order valence-electron chi connectivity index (χ1n) is 12.7. The number of hydrogen-bond donors (Lipinski definition) is 0. The molecule has 0 N–H and O–H groups in total. The van der Waals surface area contributed by atoms with E-state index >= 15 is 0 Å². The molecule has 7 rings (SSSR count). The molecule has 6 heteroatoms. The lowest BCUT2D eigenvalue weighted by Crippen LogP contribution is -2.30. The molecule has 180 valence electrons. The molecule has 2 aromatic heterocycles. The molecule has 1 unspecified atom stereocenters. The summed E-state index contributed by atoms with van der Waals surface area (Å²) >= 11 is 3.70. The number of imidazole rings is 1. The van der Waals surface area contributed by atoms with Crippen LogP contribution in [0, 0.1) is 11.8 Å². The zero-order valence-electron chi connectivity index (χ0n) is 19.9. The molecule has 1 saturated carbocycles. The van der Waals surface area contributed by atoms with Crippen LogP contribution in [0.5, 0.6) is 0 Å². The fraction of sp³-hybridized carbons (Fsp3) is 0.267. The predicted octanol–water partition coefficient (Wildman–Crippen LogP) is 7.14. The SMILES string of the molecule is O=C(C1CC1)N1CCC(Cn2c(-c3ccc(-c4ccc5occc5c4)cc3)nc3c(Br)cccc32)C1. The molecule has 36 heavy (non-hydrogen) atoms. The van der Waals surface area contributed by atoms with Crippen LogP contribution in [-0.4, -0.2) is 33.4 Å². The average molecular weight is 540 g/mol. The van der Waals surface area contributed by atoms with Gasteiger partial charge in [0.05, 0.1) is 11.8 Å². The van der Waals surface area contributed by atoms with Gasteiger partial charge in [-0.2, -0.15) is 0 Å². The highest BCUT2D eigenvalue weighted by Gasteiger charge is 2.36. The molecule has 1 aliphatic heterocycles. The van der Waals surface area contributed by atoms with Crippen LogP contribution in [0.15, 0.2) is 81.9 Å². The highest BCUT2D eigenvalue weighted by molar-refractivity contribution is 9.10. The number of furan rings is 1. The number of aromatic nitrogens is 2. The molecule has 0 radical (unpaired) electrons. The molecule has 3 aromatic carbocycles. The van der Waals surface area contributed by atoms with Gasteiger partial charge in [0.2, 0.25) is 5.91 Å². The Balaban J connectivity index is 1.22. The van der Waals surface area contributed by atoms with Crippen LogP contribution >= 0.6 is 15.9 Å². The van der Waals surface area contributed by atoms with Crippen molar-refractivity contribution < 1.29 is 9.21 Å². The smallest absolute Gasteiger partial charge is 0.225 e. The van der Waals surface area contributed by atoms with E-state index in [9.17, 15) is 4.79 Å². The van der Waals surface area contributed by atoms with Crippen LogP contribution in [0.1, 0.15) is 19.3 Å². The van der Waals surface area contributed by atoms with Gasteiger partial charge in [0, 0.05) is 41.0 Å². The summed E-state index contributed by atoms with van der Waals surface area (Å²) in [5, 5.41) is 1.11. The minimum atomic E-state index is 0.289. The zero-order valence-corrected chi connectivity index (χ0v) is 21.4. The third kappa shape index (κ3) is 3.84. The summed E-state index contributed by atoms with van der Waals surface area (Å²) in [5.41, 5.74) is 6.43. The minimum Gasteiger partial charge on any atom is -0.464 e. The van der Waals surface area contributed by atoms with E-state index in [2.05, 4.69) is 73.9 Å². The number of fused-ring (bicyclic) bond motifs is 2. The molecule has 0 spiro atoms. The van der Waals surface area contributed by atoms with Gasteiger partial charge < -0.3 is 13.9 Å². The number of hydrogen-bond acceptors (Lipinski definition) is 3. The molecular formula is C30H26BrN3O2. The molecule has 1 amide bonds. The highest BCUT2D eigenvalue weighted by atomic mass is 79.9. The first-order chi connectivity index (χ1) is 17.6. The number of benzene rings is 3. The molecule has 5 aromatic rings. The van der Waals surface area contributed by atoms with Gasteiger partial charge in [-0.05, 0) is 82.6 Å². The molecule has 5 nitrogen and oxygen atoms in total. The van der Waals surface area contributed by atoms with E-state index < -0.39 is 0 Å². The van der Waals surface area contributed by atoms with Crippen LogP contribution in [0.2, 0.25) is 0 Å². The second kappa shape index (κ2) is 8.63. The second-order valence-electron chi connectivity index (χ2n) is 10.1. The molecule has 1 saturated heterocycles. The average Bonchev–Trinajstić information content (AvgIpc) is 3.30. The number of para-hydroxylation sites is 1. The summed E-state index contributed by atoms with van der Waals surface area (Å²) in [6.07, 6.45) is 4.90. The van der Waals surface area contributed by atoms with Crippen LogP contribution < -0.4 is 0 Å². The van der Waals surface area contributed by atoms with E-state index in [1.54, 1.807) is 6.26 Å². The van der Waals surface area contributed by atoms with Gasteiger partial charge in [-0.1, -0.05) is 36.4 Å². The third-order valence-corrected chi connectivity index (χ3v) is 8.26. The molecule has 1 atom stereocenters. The maximum Gasteiger partial charge on any atom is 0.225 e. The quantitative estimate of drug-likeness (QED) is 0.238. The molecule has 2 aliphatic rings. The number of amides is 1. The fourth-order valence-electron chi connectivity index (χ4n) is 5.50. The maximum atomic E-state index is 12.6. The van der Waals surface area contributed by atoms with E-state index in [0.29, 0.717) is 11.8 Å². The Labute approximate surface area is 217 Å². The van der Waals surface area contributed by atoms with Crippen molar-refractivity contribution in [2.24, 2.45) is 11.8 Å². The molecule has 3 heterocycles. The van der Waals surface area contributed by atoms with E-state index in [4.69, 9.17) is 9.40 Å². The summed E-state index contributed by atoms with van der Waals surface area (Å²) in [6.45, 7) is 2.58. The van der Waals surface area contributed by atoms with Crippen molar-refractivity contribution in [2.75, 3.05) is 13.1 Å². The van der Waals surface area contributed by atoms with E-state index in [1.807, 2.05) is 18.2 Å². The number of carbonyl (C=O) groups is 1. The Kier molecular flexibility index (Phi) is 5.24. The third-order valence-electron chi connectivity index (χ3n) is 7.62. The van der Waals surface area contributed by atoms with Gasteiger partial charge >= 0.3 is 0 Å². The summed E-state index contributed by atoms with van der Waals surface area (Å²) in [5.74, 6) is 2.06. The highest BCUT2D eigenvalue weighted by Crippen LogP contribution is 2.35. The lowest BCUT2D eigenvalue weighted by Gasteiger charge is -2.18. The standard InChI is InChI=1S/C30H26BrN3O2/c31-25-2-1-3-26-28(25)32-29(34(26)18-19-12-14-33(17-19)30(35)22-8-9-22)21-6-4-20(5-7-21)23-10-11-27-24(16-23)13-15-36-27/h1-7,10-11,13,15-16,19,22H,8-9,12,14,17-18H2. The topological polar surface area (TPSA) is 51.3 Å². The van der Waals surface area contributed by atoms with Crippen molar-refractivity contribution in [3.8, 4) is 22.5 Å². The van der Waals surface area contributed by atoms with Crippen LogP contribution in [-0.2, 0) is 11.3 Å². The zero-order chi connectivity index (χ0) is 24.2. The van der Waals surface area contributed by atoms with Crippen LogP contribution in [0.4, 0.5) is 0 Å². The predicted molar refractivity (Wildman–Crippen MR) is 145 cm³/mol. The van der Waals surface area contributed by atoms with Crippen molar-refractivity contribution in [2.45, 2.75) is 25.8 Å². The summed E-state index contributed by atoms with van der Waals surface area (Å²) in [4.78, 5) is 19.8. The Morgan fingerprint density at radius 2 is 1.78 bits per heavy atom. The largest absolute Gasteiger partial charge is 0.464 e. The van der Waals surface area contributed by atoms with Crippen molar-refractivity contribution in [1.29, 1.82) is 0 Å². The summed E-state index contributed by atoms with van der Waals surface area (Å²) in [6, 6.07) is 23.2. The normalized spacial score (nSPS) is 17.9. The molecular weight excluding hydrogens is 514 g/mol. The fourth-order valence-corrected chi connectivity index (χ4v) is 5.95. The van der Waals surface area contributed by atoms with E-state index in [1.165, 1.54) is 0 Å². The van der Waals surface area contributed by atoms with E-state index in [-0.39, 0.29) is 5.92 Å². The first kappa shape index (κ1) is 21.9. The van der Waals surface area contributed by atoms with Crippen molar-refractivity contribution in [1.82, 2.24) is 14.5 Å². The second-order valence-corrected chi connectivity index (χ2v) is 11.0. The van der Waals surface area contributed by atoms with Crippen LogP contribution in [0.25, 0.3) is 44.5 Å². The number of likely N-dealkylation sites (tertiary alicyclic amines) is 1. The van der Waals surface area contributed by atoms with Crippen molar-refractivity contribution in [3.05, 3.63) is 77.5 Å². The monoisotopic (exact) mass is 539 g/mol. The summed E-state index contributed by atoms with van der Waals surface area (Å²) < 4.78 is 8.84. The lowest BCUT2D eigenvalue weighted by atomic mass is 10.0. The summed E-state index contributed by atoms with van der Waals surface area (Å²) in [7, 11) is 0. The van der Waals surface area contributed by atoms with Gasteiger partial charge in [-0.15, -0.1) is 0 Å². The molecule has 0 bridgehead atoms. The Hall–Kier alpha value is -3.38. The Morgan fingerprint density at radius 3 is 2.61 bits per heavy atom. The number of rotatable bonds is 5. The lowest BCUT2D eigenvalue weighted by molar-refractivity contribution is -0.131. The Morgan fingerprint density at radius 1 is 0.972 bits per heavy atom. The molecule has 1 aliphatic carbocycles. The Bertz CT molecular complexity index is 1600. The van der Waals surface area contributed by atoms with Gasteiger partial charge in [-0.25, -0.2) is 4.98 Å². The van der Waals surface area contributed by atoms with Gasteiger partial charge in [-0.3, -0.25) is 4.79 Å². The number of carbonyl (C=O) groups excluding carboxylic acids is 1. The number of halogens is 1. The van der Waals surface area contributed by atoms with Gasteiger partial charge in [0.1, 0.15) is 16.9 Å². The van der Waals surface area contributed by atoms with Crippen LogP contribution in [0.3, 0.4) is 0 Å². The van der Waals surface area contributed by atoms with Crippen molar-refractivity contribution in [3.63, 3.8) is 0 Å².